The van der Waals surface area contributed by atoms with Gasteiger partial charge in [-0.3, -0.25) is 9.59 Å². The van der Waals surface area contributed by atoms with Crippen molar-refractivity contribution in [1.82, 2.24) is 50.2 Å². The summed E-state index contributed by atoms with van der Waals surface area (Å²) in [5, 5.41) is 5.81. The van der Waals surface area contributed by atoms with Crippen LogP contribution in [0, 0.1) is 11.8 Å². The van der Waals surface area contributed by atoms with Crippen LogP contribution in [0.1, 0.15) is 83.8 Å². The molecule has 0 spiro atoms. The maximum absolute atomic E-state index is 14.0. The molecule has 2 fully saturated rings. The second-order valence-electron chi connectivity index (χ2n) is 16.5. The Morgan fingerprint density at radius 3 is 1.31 bits per heavy atom. The van der Waals surface area contributed by atoms with Crippen LogP contribution in [0.2, 0.25) is 0 Å². The van der Waals surface area contributed by atoms with Crippen LogP contribution in [-0.4, -0.2) is 105 Å². The molecule has 4 aromatic carbocycles. The lowest BCUT2D eigenvalue weighted by molar-refractivity contribution is -0.135. The Balaban J connectivity index is 0.902. The molecule has 0 saturated carbocycles. The first kappa shape index (κ1) is 43.0. The highest BCUT2D eigenvalue weighted by Gasteiger charge is 2.38. The molecule has 64 heavy (non-hydrogen) atoms. The molecule has 2 aliphatic heterocycles. The molecule has 326 valence electrons. The summed E-state index contributed by atoms with van der Waals surface area (Å²) in [6, 6.07) is 31.7. The lowest BCUT2D eigenvalue weighted by atomic mass is 10.0. The van der Waals surface area contributed by atoms with E-state index in [4.69, 9.17) is 9.97 Å². The number of aromatic nitrogens is 4. The summed E-state index contributed by atoms with van der Waals surface area (Å²) in [5.41, 5.74) is 6.73. The third-order valence-corrected chi connectivity index (χ3v) is 11.7. The van der Waals surface area contributed by atoms with E-state index in [1.165, 1.54) is 9.80 Å². The van der Waals surface area contributed by atoms with Gasteiger partial charge in [0.2, 0.25) is 11.8 Å². The highest BCUT2D eigenvalue weighted by molar-refractivity contribution is 5.89. The molecule has 2 saturated heterocycles. The van der Waals surface area contributed by atoms with E-state index in [1.54, 1.807) is 40.6 Å². The van der Waals surface area contributed by atoms with Crippen LogP contribution in [0.4, 0.5) is 9.59 Å². The van der Waals surface area contributed by atoms with Crippen LogP contribution in [0.15, 0.2) is 122 Å². The largest absolute Gasteiger partial charge is 0.340 e. The number of rotatable bonds is 10. The number of H-pyrrole nitrogens is 2. The van der Waals surface area contributed by atoms with Gasteiger partial charge in [0.15, 0.2) is 0 Å². The topological polar surface area (TPSA) is 163 Å². The number of aromatic amines is 2. The molecule has 6 amide bonds. The number of nitrogens with zero attached hydrogens (tertiary/aromatic N) is 6. The minimum absolute atomic E-state index is 0.168. The number of nitrogens with one attached hydrogen (secondary N) is 4. The third-order valence-electron chi connectivity index (χ3n) is 11.7. The number of hydrogen-bond acceptors (Lipinski definition) is 6. The Labute approximate surface area is 373 Å². The first-order chi connectivity index (χ1) is 31.0. The molecule has 14 nitrogen and oxygen atoms in total. The van der Waals surface area contributed by atoms with E-state index in [0.29, 0.717) is 24.7 Å². The number of hydrogen-bond donors (Lipinski definition) is 4. The molecule has 0 aliphatic carbocycles. The van der Waals surface area contributed by atoms with E-state index < -0.39 is 12.1 Å². The van der Waals surface area contributed by atoms with Gasteiger partial charge in [0.05, 0.1) is 35.9 Å². The van der Waals surface area contributed by atoms with Gasteiger partial charge >= 0.3 is 12.1 Å². The quantitative estimate of drug-likeness (QED) is 0.106. The zero-order valence-electron chi connectivity index (χ0n) is 36.4. The molecule has 14 heteroatoms. The molecule has 8 rings (SSSR count). The number of amides is 6. The maximum Gasteiger partial charge on any atom is 0.317 e. The summed E-state index contributed by atoms with van der Waals surface area (Å²) >= 11 is 0. The maximum atomic E-state index is 14.0. The van der Waals surface area contributed by atoms with Crippen molar-refractivity contribution < 1.29 is 19.2 Å². The molecule has 0 radical (unpaired) electrons. The fraction of sp³-hybridized carbons (Fsp3) is 0.280. The van der Waals surface area contributed by atoms with Crippen molar-refractivity contribution in [3.8, 4) is 34.4 Å². The molecule has 6 aromatic rings. The van der Waals surface area contributed by atoms with Gasteiger partial charge in [0.25, 0.3) is 0 Å². The highest BCUT2D eigenvalue weighted by Crippen LogP contribution is 2.36. The predicted molar refractivity (Wildman–Crippen MR) is 244 cm³/mol. The Hall–Kier alpha value is -7.66. The standard InChI is InChI=1S/C50H52N10O4/c1-57(2)49(63)55-43(37-13-7-5-8-14-37)47(61)59-29-11-17-41(59)45-51-31-39(53-45)35-25-21-33(22-26-35)19-20-34-23-27-36(28-24-34)40-32-52-46(54-40)42-18-12-30-60(42)48(62)44(56-50(64)58(3)4)38-15-9-6-10-16-38/h5-10,13-16,21-28,31-32,41-44H,11-12,17-18,29-30H2,1-4H3,(H,51,53)(H,52,54)(H,55,63)(H,56,64)/t41-,42-,43+,44+/m1/s1. The fourth-order valence-electron chi connectivity index (χ4n) is 8.25. The van der Waals surface area contributed by atoms with Gasteiger partial charge in [-0.1, -0.05) is 96.8 Å². The molecule has 2 aliphatic rings. The monoisotopic (exact) mass is 856 g/mol. The van der Waals surface area contributed by atoms with Gasteiger partial charge in [-0.25, -0.2) is 19.6 Å². The molecular formula is C50H52N10O4. The number of carbonyl (C=O) groups is 4. The summed E-state index contributed by atoms with van der Waals surface area (Å²) in [6.45, 7) is 1.14. The van der Waals surface area contributed by atoms with E-state index in [-0.39, 0.29) is 36.0 Å². The molecule has 4 N–H and O–H groups in total. The van der Waals surface area contributed by atoms with Crippen LogP contribution in [-0.2, 0) is 9.59 Å². The van der Waals surface area contributed by atoms with E-state index >= 15 is 0 Å². The minimum Gasteiger partial charge on any atom is -0.340 e. The van der Waals surface area contributed by atoms with E-state index in [9.17, 15) is 19.2 Å². The summed E-state index contributed by atoms with van der Waals surface area (Å²) in [6.07, 6.45) is 6.77. The number of carbonyl (C=O) groups excluding carboxylic acids is 4. The van der Waals surface area contributed by atoms with Crippen molar-refractivity contribution >= 4 is 23.9 Å². The normalized spacial score (nSPS) is 16.6. The zero-order chi connectivity index (χ0) is 44.7. The van der Waals surface area contributed by atoms with Gasteiger partial charge in [0, 0.05) is 52.4 Å². The number of urea groups is 2. The Morgan fingerprint density at radius 2 is 0.953 bits per heavy atom. The van der Waals surface area contributed by atoms with Gasteiger partial charge in [-0.05, 0) is 72.2 Å². The lowest BCUT2D eigenvalue weighted by Crippen LogP contribution is -2.45. The van der Waals surface area contributed by atoms with Gasteiger partial charge in [-0.2, -0.15) is 0 Å². The van der Waals surface area contributed by atoms with E-state index in [1.807, 2.05) is 119 Å². The molecular weight excluding hydrogens is 805 g/mol. The second kappa shape index (κ2) is 19.2. The Bertz CT molecular complexity index is 2470. The summed E-state index contributed by atoms with van der Waals surface area (Å²) in [5.74, 6) is 7.62. The van der Waals surface area contributed by atoms with Gasteiger partial charge in [0.1, 0.15) is 23.7 Å². The van der Waals surface area contributed by atoms with Crippen LogP contribution in [0.5, 0.6) is 0 Å². The first-order valence-corrected chi connectivity index (χ1v) is 21.5. The van der Waals surface area contributed by atoms with Crippen LogP contribution < -0.4 is 10.6 Å². The first-order valence-electron chi connectivity index (χ1n) is 21.5. The second-order valence-corrected chi connectivity index (χ2v) is 16.5. The zero-order valence-corrected chi connectivity index (χ0v) is 36.4. The van der Waals surface area contributed by atoms with E-state index in [2.05, 4.69) is 32.4 Å². The predicted octanol–water partition coefficient (Wildman–Crippen LogP) is 7.22. The van der Waals surface area contributed by atoms with Crippen molar-refractivity contribution in [1.29, 1.82) is 0 Å². The van der Waals surface area contributed by atoms with Gasteiger partial charge < -0.3 is 40.2 Å². The SMILES string of the molecule is CN(C)C(=O)N[C@H](C(=O)N1CCC[C@@H]1c1ncc(-c2ccc(C#Cc3ccc(-c4cnc([C@H]5CCCN5C(=O)[C@@H](NC(=O)N(C)C)c5ccccc5)[nH]4)cc3)cc2)[nH]1)c1ccccc1. The number of benzene rings is 4. The smallest absolute Gasteiger partial charge is 0.317 e. The fourth-order valence-corrected chi connectivity index (χ4v) is 8.25. The van der Waals surface area contributed by atoms with Crippen molar-refractivity contribution in [3.63, 3.8) is 0 Å². The highest BCUT2D eigenvalue weighted by atomic mass is 16.2. The van der Waals surface area contributed by atoms with Crippen LogP contribution in [0.3, 0.4) is 0 Å². The molecule has 4 heterocycles. The van der Waals surface area contributed by atoms with Crippen molar-refractivity contribution in [2.24, 2.45) is 0 Å². The van der Waals surface area contributed by atoms with E-state index in [0.717, 1.165) is 70.5 Å². The molecule has 2 aromatic heterocycles. The average Bonchev–Trinajstić information content (AvgIpc) is 4.17. The van der Waals surface area contributed by atoms with Gasteiger partial charge in [-0.15, -0.1) is 0 Å². The summed E-state index contributed by atoms with van der Waals surface area (Å²) in [7, 11) is 6.61. The summed E-state index contributed by atoms with van der Waals surface area (Å²) in [4.78, 5) is 76.2. The number of likely N-dealkylation sites (tertiary alicyclic amines) is 2. The number of imidazole rings is 2. The molecule has 0 bridgehead atoms. The minimum atomic E-state index is -0.818. The average molecular weight is 857 g/mol. The lowest BCUT2D eigenvalue weighted by Gasteiger charge is -2.29. The van der Waals surface area contributed by atoms with Crippen molar-refractivity contribution in [2.75, 3.05) is 41.3 Å². The van der Waals surface area contributed by atoms with Crippen LogP contribution >= 0.6 is 0 Å². The molecule has 0 unspecified atom stereocenters. The molecule has 4 atom stereocenters. The summed E-state index contributed by atoms with van der Waals surface area (Å²) < 4.78 is 0. The Kier molecular flexibility index (Phi) is 12.9. The van der Waals surface area contributed by atoms with Crippen LogP contribution in [0.25, 0.3) is 22.5 Å². The van der Waals surface area contributed by atoms with Crippen molar-refractivity contribution in [3.05, 3.63) is 155 Å². The third kappa shape index (κ3) is 9.53. The Morgan fingerprint density at radius 1 is 0.578 bits per heavy atom. The van der Waals surface area contributed by atoms with Crippen molar-refractivity contribution in [2.45, 2.75) is 49.9 Å².